The molecule has 0 bridgehead atoms. The predicted octanol–water partition coefficient (Wildman–Crippen LogP) is 4.17. The number of rotatable bonds is 2. The summed E-state index contributed by atoms with van der Waals surface area (Å²) in [4.78, 5) is 17.3. The van der Waals surface area contributed by atoms with Crippen LogP contribution in [0.5, 0.6) is 0 Å². The number of aryl methyl sites for hydroxylation is 2. The number of aromatic nitrogens is 1. The van der Waals surface area contributed by atoms with Crippen molar-refractivity contribution in [2.45, 2.75) is 13.8 Å². The first kappa shape index (κ1) is 12.8. The van der Waals surface area contributed by atoms with Crippen LogP contribution in [-0.2, 0) is 0 Å². The summed E-state index contributed by atoms with van der Waals surface area (Å²) in [7, 11) is 0. The van der Waals surface area contributed by atoms with Crippen molar-refractivity contribution in [1.82, 2.24) is 4.98 Å². The van der Waals surface area contributed by atoms with Crippen molar-refractivity contribution in [3.05, 3.63) is 58.6 Å². The summed E-state index contributed by atoms with van der Waals surface area (Å²) in [6, 6.07) is 13.8. The van der Waals surface area contributed by atoms with Crippen molar-refractivity contribution < 1.29 is 4.79 Å². The van der Waals surface area contributed by atoms with Gasteiger partial charge in [0.25, 0.3) is 5.91 Å². The second-order valence-corrected chi connectivity index (χ2v) is 5.86. The molecule has 3 rings (SSSR count). The Hall–Kier alpha value is -2.20. The van der Waals surface area contributed by atoms with Gasteiger partial charge in [0.15, 0.2) is 0 Å². The molecule has 2 aromatic heterocycles. The summed E-state index contributed by atoms with van der Waals surface area (Å²) >= 11 is 1.49. The molecule has 1 N–H and O–H groups in total. The fourth-order valence-electron chi connectivity index (χ4n) is 2.18. The molecule has 4 heteroatoms. The molecule has 0 spiro atoms. The predicted molar refractivity (Wildman–Crippen MR) is 83.5 cm³/mol. The molecule has 0 aliphatic carbocycles. The lowest BCUT2D eigenvalue weighted by atomic mass is 10.2. The Morgan fingerprint density at radius 2 is 1.95 bits per heavy atom. The third-order valence-corrected chi connectivity index (χ3v) is 4.10. The normalized spacial score (nSPS) is 10.7. The van der Waals surface area contributed by atoms with E-state index in [0.29, 0.717) is 10.7 Å². The number of anilines is 1. The lowest BCUT2D eigenvalue weighted by Gasteiger charge is -2.05. The Morgan fingerprint density at radius 3 is 2.70 bits per heavy atom. The fourth-order valence-corrected chi connectivity index (χ4v) is 3.14. The molecule has 1 aromatic carbocycles. The summed E-state index contributed by atoms with van der Waals surface area (Å²) in [6.07, 6.45) is 0. The molecule has 0 saturated heterocycles. The first-order valence-corrected chi connectivity index (χ1v) is 7.19. The molecule has 0 aliphatic rings. The number of pyridine rings is 1. The second-order valence-electron chi connectivity index (χ2n) is 4.77. The van der Waals surface area contributed by atoms with Crippen LogP contribution in [-0.4, -0.2) is 10.9 Å². The highest BCUT2D eigenvalue weighted by Crippen LogP contribution is 2.25. The number of benzene rings is 1. The zero-order valence-electron chi connectivity index (χ0n) is 11.3. The zero-order chi connectivity index (χ0) is 14.1. The molecule has 0 atom stereocenters. The Kier molecular flexibility index (Phi) is 3.24. The van der Waals surface area contributed by atoms with Gasteiger partial charge in [0, 0.05) is 10.4 Å². The van der Waals surface area contributed by atoms with E-state index in [-0.39, 0.29) is 5.91 Å². The second kappa shape index (κ2) is 5.06. The van der Waals surface area contributed by atoms with Crippen molar-refractivity contribution >= 4 is 33.1 Å². The molecule has 3 aromatic rings. The van der Waals surface area contributed by atoms with Gasteiger partial charge in [-0.1, -0.05) is 18.2 Å². The number of nitrogens with zero attached hydrogens (tertiary/aromatic N) is 1. The summed E-state index contributed by atoms with van der Waals surface area (Å²) in [5, 5.41) is 3.95. The number of amides is 1. The van der Waals surface area contributed by atoms with E-state index >= 15 is 0 Å². The van der Waals surface area contributed by atoms with Crippen LogP contribution in [0.2, 0.25) is 0 Å². The maximum atomic E-state index is 12.3. The maximum Gasteiger partial charge on any atom is 0.266 e. The Labute approximate surface area is 121 Å². The van der Waals surface area contributed by atoms with E-state index in [1.807, 2.05) is 56.3 Å². The average molecular weight is 282 g/mol. The van der Waals surface area contributed by atoms with Crippen molar-refractivity contribution in [2.75, 3.05) is 5.32 Å². The molecule has 2 heterocycles. The monoisotopic (exact) mass is 282 g/mol. The number of nitrogens with one attached hydrogen (secondary N) is 1. The minimum absolute atomic E-state index is 0.108. The van der Waals surface area contributed by atoms with E-state index in [1.54, 1.807) is 0 Å². The Balaban J connectivity index is 1.88. The van der Waals surface area contributed by atoms with Gasteiger partial charge in [-0.3, -0.25) is 4.79 Å². The Morgan fingerprint density at radius 1 is 1.15 bits per heavy atom. The van der Waals surface area contributed by atoms with Crippen LogP contribution in [0.4, 0.5) is 5.82 Å². The molecule has 0 unspecified atom stereocenters. The van der Waals surface area contributed by atoms with Crippen molar-refractivity contribution in [2.24, 2.45) is 0 Å². The van der Waals surface area contributed by atoms with E-state index in [0.717, 1.165) is 21.3 Å². The summed E-state index contributed by atoms with van der Waals surface area (Å²) < 4.78 is 1.12. The molecule has 0 fully saturated rings. The van der Waals surface area contributed by atoms with E-state index in [1.165, 1.54) is 11.3 Å². The van der Waals surface area contributed by atoms with Gasteiger partial charge >= 0.3 is 0 Å². The van der Waals surface area contributed by atoms with Gasteiger partial charge < -0.3 is 5.32 Å². The highest BCUT2D eigenvalue weighted by atomic mass is 32.1. The van der Waals surface area contributed by atoms with Crippen molar-refractivity contribution in [3.63, 3.8) is 0 Å². The van der Waals surface area contributed by atoms with Crippen LogP contribution in [0.3, 0.4) is 0 Å². The molecule has 0 aliphatic heterocycles. The molecule has 0 radical (unpaired) electrons. The SMILES string of the molecule is Cc1cc(C)nc(NC(=O)c2cc3ccccc3s2)c1. The summed E-state index contributed by atoms with van der Waals surface area (Å²) in [5.74, 6) is 0.494. The van der Waals surface area contributed by atoms with Gasteiger partial charge in [-0.05, 0) is 49.1 Å². The van der Waals surface area contributed by atoms with Gasteiger partial charge in [-0.25, -0.2) is 4.98 Å². The lowest BCUT2D eigenvalue weighted by molar-refractivity contribution is 0.103. The van der Waals surface area contributed by atoms with Crippen molar-refractivity contribution in [3.8, 4) is 0 Å². The van der Waals surface area contributed by atoms with Gasteiger partial charge in [0.2, 0.25) is 0 Å². The third-order valence-electron chi connectivity index (χ3n) is 2.99. The van der Waals surface area contributed by atoms with E-state index in [9.17, 15) is 4.79 Å². The van der Waals surface area contributed by atoms with Crippen LogP contribution in [0.25, 0.3) is 10.1 Å². The third kappa shape index (κ3) is 2.56. The number of carbonyl (C=O) groups excluding carboxylic acids is 1. The first-order valence-electron chi connectivity index (χ1n) is 6.37. The fraction of sp³-hybridized carbons (Fsp3) is 0.125. The number of carbonyl (C=O) groups is 1. The largest absolute Gasteiger partial charge is 0.306 e. The topological polar surface area (TPSA) is 42.0 Å². The van der Waals surface area contributed by atoms with Crippen LogP contribution >= 0.6 is 11.3 Å². The van der Waals surface area contributed by atoms with Crippen LogP contribution in [0.15, 0.2) is 42.5 Å². The highest BCUT2D eigenvalue weighted by molar-refractivity contribution is 7.20. The van der Waals surface area contributed by atoms with E-state index in [4.69, 9.17) is 0 Å². The quantitative estimate of drug-likeness (QED) is 0.766. The van der Waals surface area contributed by atoms with E-state index in [2.05, 4.69) is 10.3 Å². The van der Waals surface area contributed by atoms with Crippen LogP contribution < -0.4 is 5.32 Å². The molecule has 1 amide bonds. The molecule has 0 saturated carbocycles. The molecular weight excluding hydrogens is 268 g/mol. The number of fused-ring (bicyclic) bond motifs is 1. The minimum atomic E-state index is -0.108. The first-order chi connectivity index (χ1) is 9.61. The molecule has 20 heavy (non-hydrogen) atoms. The standard InChI is InChI=1S/C16H14N2OS/c1-10-7-11(2)17-15(8-10)18-16(19)14-9-12-5-3-4-6-13(12)20-14/h3-9H,1-2H3,(H,17,18,19). The van der Waals surface area contributed by atoms with Crippen LogP contribution in [0.1, 0.15) is 20.9 Å². The van der Waals surface area contributed by atoms with Gasteiger partial charge in [0.05, 0.1) is 4.88 Å². The maximum absolute atomic E-state index is 12.3. The Bertz CT molecular complexity index is 739. The van der Waals surface area contributed by atoms with Gasteiger partial charge in [-0.2, -0.15) is 0 Å². The average Bonchev–Trinajstić information content (AvgIpc) is 2.81. The number of thiophene rings is 1. The zero-order valence-corrected chi connectivity index (χ0v) is 12.1. The van der Waals surface area contributed by atoms with Crippen molar-refractivity contribution in [1.29, 1.82) is 0 Å². The van der Waals surface area contributed by atoms with Crippen LogP contribution in [0, 0.1) is 13.8 Å². The number of hydrogen-bond donors (Lipinski definition) is 1. The molecule has 100 valence electrons. The van der Waals surface area contributed by atoms with Gasteiger partial charge in [-0.15, -0.1) is 11.3 Å². The summed E-state index contributed by atoms with van der Waals surface area (Å²) in [5.41, 5.74) is 1.99. The molecular formula is C16H14N2OS. The lowest BCUT2D eigenvalue weighted by Crippen LogP contribution is -2.11. The number of hydrogen-bond acceptors (Lipinski definition) is 3. The molecule has 3 nitrogen and oxygen atoms in total. The minimum Gasteiger partial charge on any atom is -0.306 e. The van der Waals surface area contributed by atoms with E-state index < -0.39 is 0 Å². The summed E-state index contributed by atoms with van der Waals surface area (Å²) in [6.45, 7) is 3.91. The van der Waals surface area contributed by atoms with Gasteiger partial charge in [0.1, 0.15) is 5.82 Å². The smallest absolute Gasteiger partial charge is 0.266 e. The highest BCUT2D eigenvalue weighted by Gasteiger charge is 2.11.